The van der Waals surface area contributed by atoms with Crippen molar-refractivity contribution in [2.45, 2.75) is 26.1 Å². The summed E-state index contributed by atoms with van der Waals surface area (Å²) in [5.41, 5.74) is 5.47. The molecule has 2 aromatic carbocycles. The Morgan fingerprint density at radius 3 is 2.55 bits per heavy atom. The number of H-pyrrole nitrogens is 1. The van der Waals surface area contributed by atoms with E-state index in [1.807, 2.05) is 31.2 Å². The molecule has 0 aliphatic heterocycles. The van der Waals surface area contributed by atoms with Crippen molar-refractivity contribution >= 4 is 23.8 Å². The molecule has 3 aromatic rings. The first-order valence-corrected chi connectivity index (χ1v) is 9.10. The summed E-state index contributed by atoms with van der Waals surface area (Å²) in [6.45, 7) is 2.18. The number of nitrogens with one attached hydrogen (secondary N) is 3. The molecule has 6 nitrogen and oxygen atoms in total. The standard InChI is InChI=1S/C19H18F3N5OS/c1-12-6-8-13(9-7-12)17-25-26-18(29)27(17)11-10-16(28)24-23-15-5-3-2-4-14(15)19(20,21)22/h2-9,23H,10-11H2,1H3,(H,24,28)(H,26,29). The minimum absolute atomic E-state index is 0.00607. The molecule has 3 rings (SSSR count). The third kappa shape index (κ3) is 5.02. The van der Waals surface area contributed by atoms with Crippen LogP contribution in [0.25, 0.3) is 11.4 Å². The van der Waals surface area contributed by atoms with Gasteiger partial charge in [0.15, 0.2) is 10.6 Å². The number of aromatic amines is 1. The van der Waals surface area contributed by atoms with E-state index in [1.165, 1.54) is 18.2 Å². The normalized spacial score (nSPS) is 11.3. The van der Waals surface area contributed by atoms with Gasteiger partial charge in [0.2, 0.25) is 5.91 Å². The summed E-state index contributed by atoms with van der Waals surface area (Å²) in [6.07, 6.45) is -4.53. The Bertz CT molecular complexity index is 1060. The number of alkyl halides is 3. The van der Waals surface area contributed by atoms with E-state index < -0.39 is 17.6 Å². The molecule has 0 aliphatic rings. The van der Waals surface area contributed by atoms with E-state index in [4.69, 9.17) is 12.2 Å². The molecule has 0 radical (unpaired) electrons. The Balaban J connectivity index is 1.65. The van der Waals surface area contributed by atoms with Crippen LogP contribution in [-0.4, -0.2) is 20.7 Å². The monoisotopic (exact) mass is 421 g/mol. The number of rotatable bonds is 6. The molecule has 0 atom stereocenters. The SMILES string of the molecule is Cc1ccc(-c2n[nH]c(=S)n2CCC(=O)NNc2ccccc2C(F)(F)F)cc1. The third-order valence-electron chi connectivity index (χ3n) is 4.20. The molecule has 29 heavy (non-hydrogen) atoms. The van der Waals surface area contributed by atoms with Crippen molar-refractivity contribution < 1.29 is 18.0 Å². The van der Waals surface area contributed by atoms with E-state index in [0.29, 0.717) is 10.6 Å². The predicted octanol–water partition coefficient (Wildman–Crippen LogP) is 4.47. The van der Waals surface area contributed by atoms with Crippen molar-refractivity contribution in [3.63, 3.8) is 0 Å². The maximum absolute atomic E-state index is 13.0. The highest BCUT2D eigenvalue weighted by atomic mass is 32.1. The fourth-order valence-corrected chi connectivity index (χ4v) is 2.92. The summed E-state index contributed by atoms with van der Waals surface area (Å²) < 4.78 is 41.0. The number of para-hydroxylation sites is 1. The van der Waals surface area contributed by atoms with Crippen molar-refractivity contribution in [2.24, 2.45) is 0 Å². The predicted molar refractivity (Wildman–Crippen MR) is 105 cm³/mol. The molecule has 0 bridgehead atoms. The van der Waals surface area contributed by atoms with Gasteiger partial charge in [-0.2, -0.15) is 18.3 Å². The number of hydrogen-bond donors (Lipinski definition) is 3. The van der Waals surface area contributed by atoms with Gasteiger partial charge < -0.3 is 0 Å². The third-order valence-corrected chi connectivity index (χ3v) is 4.51. The zero-order valence-electron chi connectivity index (χ0n) is 15.4. The minimum Gasteiger partial charge on any atom is -0.300 e. The van der Waals surface area contributed by atoms with Gasteiger partial charge in [0.1, 0.15) is 0 Å². The Morgan fingerprint density at radius 1 is 1.17 bits per heavy atom. The summed E-state index contributed by atoms with van der Waals surface area (Å²) >= 11 is 5.22. The van der Waals surface area contributed by atoms with Gasteiger partial charge in [0.05, 0.1) is 11.3 Å². The maximum atomic E-state index is 13.0. The van der Waals surface area contributed by atoms with Crippen LogP contribution in [0.3, 0.4) is 0 Å². The first kappa shape index (κ1) is 20.6. The van der Waals surface area contributed by atoms with Crippen molar-refractivity contribution in [1.82, 2.24) is 20.2 Å². The van der Waals surface area contributed by atoms with Gasteiger partial charge in [-0.3, -0.25) is 25.3 Å². The fraction of sp³-hybridized carbons (Fsp3) is 0.211. The Labute approximate surface area is 169 Å². The average molecular weight is 421 g/mol. The Morgan fingerprint density at radius 2 is 1.86 bits per heavy atom. The molecular weight excluding hydrogens is 403 g/mol. The molecule has 0 aliphatic carbocycles. The summed E-state index contributed by atoms with van der Waals surface area (Å²) in [6, 6.07) is 12.6. The summed E-state index contributed by atoms with van der Waals surface area (Å²) in [4.78, 5) is 12.1. The van der Waals surface area contributed by atoms with Gasteiger partial charge in [-0.1, -0.05) is 42.0 Å². The molecule has 1 aromatic heterocycles. The van der Waals surface area contributed by atoms with Crippen LogP contribution in [0.2, 0.25) is 0 Å². The number of aryl methyl sites for hydroxylation is 1. The van der Waals surface area contributed by atoms with Gasteiger partial charge >= 0.3 is 6.18 Å². The van der Waals surface area contributed by atoms with E-state index in [-0.39, 0.29) is 18.7 Å². The molecule has 0 unspecified atom stereocenters. The number of hydrazine groups is 1. The second-order valence-electron chi connectivity index (χ2n) is 6.34. The molecular formula is C19H18F3N5OS. The van der Waals surface area contributed by atoms with E-state index in [0.717, 1.165) is 17.2 Å². The molecule has 1 heterocycles. The van der Waals surface area contributed by atoms with Crippen molar-refractivity contribution in [3.05, 3.63) is 64.4 Å². The number of benzene rings is 2. The summed E-state index contributed by atoms with van der Waals surface area (Å²) in [5, 5.41) is 6.90. The summed E-state index contributed by atoms with van der Waals surface area (Å²) in [7, 11) is 0. The molecule has 3 N–H and O–H groups in total. The van der Waals surface area contributed by atoms with Crippen molar-refractivity contribution in [3.8, 4) is 11.4 Å². The van der Waals surface area contributed by atoms with Crippen LogP contribution in [0.5, 0.6) is 0 Å². The molecule has 10 heteroatoms. The maximum Gasteiger partial charge on any atom is 0.418 e. The van der Waals surface area contributed by atoms with Crippen LogP contribution < -0.4 is 10.9 Å². The van der Waals surface area contributed by atoms with E-state index >= 15 is 0 Å². The highest BCUT2D eigenvalue weighted by Gasteiger charge is 2.33. The lowest BCUT2D eigenvalue weighted by atomic mass is 10.1. The van der Waals surface area contributed by atoms with Crippen LogP contribution in [0, 0.1) is 11.7 Å². The topological polar surface area (TPSA) is 74.7 Å². The van der Waals surface area contributed by atoms with Gasteiger partial charge in [-0.15, -0.1) is 0 Å². The number of halogens is 3. The molecule has 152 valence electrons. The second-order valence-corrected chi connectivity index (χ2v) is 6.72. The van der Waals surface area contributed by atoms with Gasteiger partial charge in [-0.05, 0) is 31.3 Å². The van der Waals surface area contributed by atoms with E-state index in [9.17, 15) is 18.0 Å². The van der Waals surface area contributed by atoms with Crippen LogP contribution in [0.4, 0.5) is 18.9 Å². The highest BCUT2D eigenvalue weighted by Crippen LogP contribution is 2.34. The van der Waals surface area contributed by atoms with Gasteiger partial charge in [0.25, 0.3) is 0 Å². The van der Waals surface area contributed by atoms with E-state index in [1.54, 1.807) is 4.57 Å². The van der Waals surface area contributed by atoms with Crippen LogP contribution in [0.1, 0.15) is 17.5 Å². The lowest BCUT2D eigenvalue weighted by molar-refractivity contribution is -0.137. The van der Waals surface area contributed by atoms with Crippen LogP contribution in [0.15, 0.2) is 48.5 Å². The highest BCUT2D eigenvalue weighted by molar-refractivity contribution is 7.71. The van der Waals surface area contributed by atoms with Gasteiger partial charge in [0, 0.05) is 18.5 Å². The smallest absolute Gasteiger partial charge is 0.300 e. The molecule has 1 amide bonds. The number of anilines is 1. The lowest BCUT2D eigenvalue weighted by Crippen LogP contribution is -2.31. The zero-order valence-corrected chi connectivity index (χ0v) is 16.2. The first-order valence-electron chi connectivity index (χ1n) is 8.69. The minimum atomic E-state index is -4.53. The van der Waals surface area contributed by atoms with Crippen LogP contribution >= 0.6 is 12.2 Å². The number of hydrogen-bond acceptors (Lipinski definition) is 4. The fourth-order valence-electron chi connectivity index (χ4n) is 2.70. The first-order chi connectivity index (χ1) is 13.8. The zero-order chi connectivity index (χ0) is 21.0. The number of aromatic nitrogens is 3. The number of carbonyl (C=O) groups excluding carboxylic acids is 1. The lowest BCUT2D eigenvalue weighted by Gasteiger charge is -2.15. The van der Waals surface area contributed by atoms with Crippen LogP contribution in [-0.2, 0) is 17.5 Å². The van der Waals surface area contributed by atoms with E-state index in [2.05, 4.69) is 21.0 Å². The molecule has 0 fully saturated rings. The number of nitrogens with zero attached hydrogens (tertiary/aromatic N) is 2. The Kier molecular flexibility index (Phi) is 6.02. The molecule has 0 spiro atoms. The van der Waals surface area contributed by atoms with Gasteiger partial charge in [-0.25, -0.2) is 0 Å². The molecule has 0 saturated carbocycles. The largest absolute Gasteiger partial charge is 0.418 e. The molecule has 0 saturated heterocycles. The number of amides is 1. The van der Waals surface area contributed by atoms with Crippen molar-refractivity contribution in [2.75, 3.05) is 5.43 Å². The quantitative estimate of drug-likeness (QED) is 0.406. The Hall–Kier alpha value is -3.14. The van der Waals surface area contributed by atoms with Crippen molar-refractivity contribution in [1.29, 1.82) is 0 Å². The number of carbonyl (C=O) groups is 1. The average Bonchev–Trinajstić information content (AvgIpc) is 3.05. The summed E-state index contributed by atoms with van der Waals surface area (Å²) in [5.74, 6) is 0.0955. The second kappa shape index (κ2) is 8.48.